The zero-order valence-corrected chi connectivity index (χ0v) is 19.5. The first-order valence-corrected chi connectivity index (χ1v) is 12.8. The van der Waals surface area contributed by atoms with Gasteiger partial charge in [-0.3, -0.25) is 9.88 Å². The highest BCUT2D eigenvalue weighted by Crippen LogP contribution is 2.50. The summed E-state index contributed by atoms with van der Waals surface area (Å²) in [5.41, 5.74) is 6.22. The molecule has 2 fully saturated rings. The molecule has 2 aromatic rings. The van der Waals surface area contributed by atoms with Crippen LogP contribution in [0.5, 0.6) is 0 Å². The first-order valence-electron chi connectivity index (χ1n) is 12.8. The molecule has 4 aliphatic rings. The largest absolute Gasteiger partial charge is 0.375 e. The van der Waals surface area contributed by atoms with E-state index in [9.17, 15) is 0 Å². The Hall–Kier alpha value is -1.75. The molecule has 0 amide bonds. The standard InChI is InChI=1S/C28H37N3O/c1-31-19-21-7-6-8-22-23(10-11-24(31)26(21)22)29-17-14-27(25-9-2-5-16-30-25)15-18-32-28(20-27)12-3-4-13-28/h2,5-9,16,23-24,29H,3-4,10-15,17-20H2,1H3/t23?,24?,27-/m1/s1. The Bertz CT molecular complexity index is 954. The van der Waals surface area contributed by atoms with Gasteiger partial charge < -0.3 is 10.1 Å². The van der Waals surface area contributed by atoms with Crippen molar-refractivity contribution in [3.63, 3.8) is 0 Å². The van der Waals surface area contributed by atoms with Crippen LogP contribution in [0, 0.1) is 0 Å². The molecule has 6 rings (SSSR count). The number of hydrogen-bond acceptors (Lipinski definition) is 4. The molecule has 0 bridgehead atoms. The van der Waals surface area contributed by atoms with Crippen molar-refractivity contribution in [1.82, 2.24) is 15.2 Å². The van der Waals surface area contributed by atoms with Gasteiger partial charge in [-0.2, -0.15) is 0 Å². The van der Waals surface area contributed by atoms with Crippen molar-refractivity contribution in [3.8, 4) is 0 Å². The van der Waals surface area contributed by atoms with Gasteiger partial charge in [0.2, 0.25) is 0 Å². The van der Waals surface area contributed by atoms with Crippen molar-refractivity contribution in [2.45, 2.75) is 87.4 Å². The molecule has 2 aliphatic heterocycles. The van der Waals surface area contributed by atoms with E-state index in [1.165, 1.54) is 44.2 Å². The minimum atomic E-state index is 0.0959. The predicted octanol–water partition coefficient (Wildman–Crippen LogP) is 5.44. The average Bonchev–Trinajstić information content (AvgIpc) is 3.40. The Morgan fingerprint density at radius 1 is 1.09 bits per heavy atom. The highest BCUT2D eigenvalue weighted by molar-refractivity contribution is 5.44. The maximum Gasteiger partial charge on any atom is 0.0691 e. The summed E-state index contributed by atoms with van der Waals surface area (Å²) >= 11 is 0. The summed E-state index contributed by atoms with van der Waals surface area (Å²) in [5, 5.41) is 4.00. The summed E-state index contributed by atoms with van der Waals surface area (Å²) in [6.07, 6.45) is 12.9. The van der Waals surface area contributed by atoms with E-state index in [-0.39, 0.29) is 11.0 Å². The molecule has 4 heteroatoms. The third-order valence-corrected chi connectivity index (χ3v) is 8.99. The Labute approximate surface area is 192 Å². The van der Waals surface area contributed by atoms with Gasteiger partial charge in [0.1, 0.15) is 0 Å². The molecule has 0 radical (unpaired) electrons. The van der Waals surface area contributed by atoms with Gasteiger partial charge in [0.25, 0.3) is 0 Å². The van der Waals surface area contributed by atoms with Crippen LogP contribution >= 0.6 is 0 Å². The van der Waals surface area contributed by atoms with Crippen LogP contribution in [0.25, 0.3) is 0 Å². The molecule has 1 saturated heterocycles. The van der Waals surface area contributed by atoms with Gasteiger partial charge in [-0.25, -0.2) is 0 Å². The fraction of sp³-hybridized carbons (Fsp3) is 0.607. The molecule has 2 aliphatic carbocycles. The van der Waals surface area contributed by atoms with Gasteiger partial charge in [-0.05, 0) is 87.4 Å². The van der Waals surface area contributed by atoms with Crippen molar-refractivity contribution in [3.05, 3.63) is 65.0 Å². The van der Waals surface area contributed by atoms with Crippen LogP contribution in [0.3, 0.4) is 0 Å². The Balaban J connectivity index is 1.21. The maximum absolute atomic E-state index is 6.44. The molecule has 170 valence electrons. The SMILES string of the molecule is CN1Cc2cccc3c2C1CCC3NCC[C@@]1(c2ccccn2)CCOC2(CCCC2)C1. The smallest absolute Gasteiger partial charge is 0.0691 e. The summed E-state index contributed by atoms with van der Waals surface area (Å²) in [5.74, 6) is 0. The summed E-state index contributed by atoms with van der Waals surface area (Å²) in [6.45, 7) is 3.02. The van der Waals surface area contributed by atoms with Crippen LogP contribution in [-0.2, 0) is 16.7 Å². The Morgan fingerprint density at radius 3 is 2.84 bits per heavy atom. The lowest BCUT2D eigenvalue weighted by atomic mass is 9.68. The molecule has 1 N–H and O–H groups in total. The van der Waals surface area contributed by atoms with E-state index in [0.717, 1.165) is 39.0 Å². The van der Waals surface area contributed by atoms with Crippen molar-refractivity contribution < 1.29 is 4.74 Å². The van der Waals surface area contributed by atoms with Gasteiger partial charge in [0.15, 0.2) is 0 Å². The third kappa shape index (κ3) is 3.52. The third-order valence-electron chi connectivity index (χ3n) is 8.99. The van der Waals surface area contributed by atoms with E-state index in [2.05, 4.69) is 47.6 Å². The lowest BCUT2D eigenvalue weighted by Crippen LogP contribution is -2.47. The number of benzene rings is 1. The molecule has 4 nitrogen and oxygen atoms in total. The molecular weight excluding hydrogens is 394 g/mol. The predicted molar refractivity (Wildman–Crippen MR) is 128 cm³/mol. The zero-order valence-electron chi connectivity index (χ0n) is 19.5. The Kier molecular flexibility index (Phi) is 5.36. The van der Waals surface area contributed by atoms with E-state index in [1.807, 2.05) is 12.3 Å². The quantitative estimate of drug-likeness (QED) is 0.684. The maximum atomic E-state index is 6.44. The summed E-state index contributed by atoms with van der Waals surface area (Å²) in [4.78, 5) is 7.41. The molecule has 1 aromatic heterocycles. The second-order valence-electron chi connectivity index (χ2n) is 10.8. The van der Waals surface area contributed by atoms with Gasteiger partial charge in [-0.1, -0.05) is 37.1 Å². The topological polar surface area (TPSA) is 37.4 Å². The summed E-state index contributed by atoms with van der Waals surface area (Å²) < 4.78 is 6.44. The fourth-order valence-corrected chi connectivity index (χ4v) is 7.42. The molecular formula is C28H37N3O. The Morgan fingerprint density at radius 2 is 2.00 bits per heavy atom. The van der Waals surface area contributed by atoms with Gasteiger partial charge in [0.05, 0.1) is 5.60 Å². The van der Waals surface area contributed by atoms with Crippen LogP contribution in [0.4, 0.5) is 0 Å². The molecule has 3 heterocycles. The summed E-state index contributed by atoms with van der Waals surface area (Å²) in [6, 6.07) is 14.5. The molecule has 1 saturated carbocycles. The molecule has 32 heavy (non-hydrogen) atoms. The monoisotopic (exact) mass is 431 g/mol. The second-order valence-corrected chi connectivity index (χ2v) is 10.8. The van der Waals surface area contributed by atoms with E-state index in [4.69, 9.17) is 9.72 Å². The number of nitrogens with one attached hydrogen (secondary N) is 1. The number of pyridine rings is 1. The van der Waals surface area contributed by atoms with Gasteiger partial charge in [-0.15, -0.1) is 0 Å². The van der Waals surface area contributed by atoms with E-state index >= 15 is 0 Å². The normalized spacial score (nSPS) is 31.2. The minimum Gasteiger partial charge on any atom is -0.375 e. The van der Waals surface area contributed by atoms with Crippen LogP contribution in [0.15, 0.2) is 42.6 Å². The van der Waals surface area contributed by atoms with Crippen molar-refractivity contribution in [2.24, 2.45) is 0 Å². The fourth-order valence-electron chi connectivity index (χ4n) is 7.42. The molecule has 1 aromatic carbocycles. The van der Waals surface area contributed by atoms with E-state index < -0.39 is 0 Å². The van der Waals surface area contributed by atoms with Gasteiger partial charge in [0, 0.05) is 42.5 Å². The van der Waals surface area contributed by atoms with E-state index in [1.54, 1.807) is 16.7 Å². The van der Waals surface area contributed by atoms with Crippen LogP contribution < -0.4 is 5.32 Å². The molecule has 1 spiro atoms. The second kappa shape index (κ2) is 8.23. The van der Waals surface area contributed by atoms with Crippen molar-refractivity contribution in [2.75, 3.05) is 20.2 Å². The first-order chi connectivity index (χ1) is 15.7. The van der Waals surface area contributed by atoms with E-state index in [0.29, 0.717) is 12.1 Å². The average molecular weight is 432 g/mol. The summed E-state index contributed by atoms with van der Waals surface area (Å²) in [7, 11) is 2.28. The number of ether oxygens (including phenoxy) is 1. The zero-order chi connectivity index (χ0) is 21.6. The number of nitrogens with zero attached hydrogens (tertiary/aromatic N) is 2. The number of rotatable bonds is 5. The van der Waals surface area contributed by atoms with Crippen molar-refractivity contribution in [1.29, 1.82) is 0 Å². The molecule has 3 atom stereocenters. The highest BCUT2D eigenvalue weighted by Gasteiger charge is 2.48. The van der Waals surface area contributed by atoms with Gasteiger partial charge >= 0.3 is 0 Å². The molecule has 2 unspecified atom stereocenters. The van der Waals surface area contributed by atoms with Crippen LogP contribution in [-0.4, -0.2) is 35.7 Å². The van der Waals surface area contributed by atoms with Crippen LogP contribution in [0.2, 0.25) is 0 Å². The lowest BCUT2D eigenvalue weighted by Gasteiger charge is -2.46. The van der Waals surface area contributed by atoms with Crippen molar-refractivity contribution >= 4 is 0 Å². The highest BCUT2D eigenvalue weighted by atomic mass is 16.5. The lowest BCUT2D eigenvalue weighted by molar-refractivity contribution is -0.104. The first kappa shape index (κ1) is 20.8. The van der Waals surface area contributed by atoms with Crippen LogP contribution in [0.1, 0.15) is 92.3 Å². The minimum absolute atomic E-state index is 0.0959. The number of aromatic nitrogens is 1. The number of hydrogen-bond donors (Lipinski definition) is 1.